The minimum absolute atomic E-state index is 0.0864. The van der Waals surface area contributed by atoms with E-state index >= 15 is 0 Å². The van der Waals surface area contributed by atoms with Gasteiger partial charge in [0.15, 0.2) is 0 Å². The number of non-ortho nitro benzene ring substituents is 1. The van der Waals surface area contributed by atoms with Crippen molar-refractivity contribution in [3.63, 3.8) is 0 Å². The summed E-state index contributed by atoms with van der Waals surface area (Å²) in [4.78, 5) is 28.6. The van der Waals surface area contributed by atoms with Crippen LogP contribution in [-0.2, 0) is 0 Å². The molecule has 0 saturated heterocycles. The molecule has 0 spiro atoms. The van der Waals surface area contributed by atoms with E-state index in [1.807, 2.05) is 13.8 Å². The molecular weight excluding hydrogens is 258 g/mol. The van der Waals surface area contributed by atoms with Gasteiger partial charge < -0.3 is 4.90 Å². The summed E-state index contributed by atoms with van der Waals surface area (Å²) in [6, 6.07) is 8.02. The summed E-state index contributed by atoms with van der Waals surface area (Å²) < 4.78 is 0. The zero-order valence-corrected chi connectivity index (χ0v) is 11.4. The number of para-hydroxylation sites is 1. The van der Waals surface area contributed by atoms with Crippen molar-refractivity contribution in [1.82, 2.24) is 9.88 Å². The SMILES string of the molecule is CCN(CC)C(=O)c1ccc2cccc([N+](=O)[O-])c2n1. The molecule has 20 heavy (non-hydrogen) atoms. The zero-order valence-electron chi connectivity index (χ0n) is 11.4. The molecule has 0 fully saturated rings. The van der Waals surface area contributed by atoms with Crippen molar-refractivity contribution < 1.29 is 9.72 Å². The number of nitrogens with zero attached hydrogens (tertiary/aromatic N) is 3. The Morgan fingerprint density at radius 2 is 1.95 bits per heavy atom. The maximum absolute atomic E-state index is 12.2. The molecule has 0 atom stereocenters. The summed E-state index contributed by atoms with van der Waals surface area (Å²) in [5.41, 5.74) is 0.391. The molecule has 0 aliphatic heterocycles. The third kappa shape index (κ3) is 2.45. The smallest absolute Gasteiger partial charge is 0.295 e. The number of rotatable bonds is 4. The van der Waals surface area contributed by atoms with Crippen molar-refractivity contribution in [3.05, 3.63) is 46.1 Å². The Kier molecular flexibility index (Phi) is 3.93. The molecular formula is C14H15N3O3. The van der Waals surface area contributed by atoms with Gasteiger partial charge in [0.1, 0.15) is 11.2 Å². The second kappa shape index (κ2) is 5.64. The molecule has 0 aliphatic carbocycles. The first-order valence-corrected chi connectivity index (χ1v) is 6.42. The Hall–Kier alpha value is -2.50. The predicted molar refractivity (Wildman–Crippen MR) is 75.6 cm³/mol. The number of carbonyl (C=O) groups excluding carboxylic acids is 1. The summed E-state index contributed by atoms with van der Waals surface area (Å²) in [7, 11) is 0. The fourth-order valence-corrected chi connectivity index (χ4v) is 2.07. The maximum Gasteiger partial charge on any atom is 0.295 e. The molecule has 0 saturated carbocycles. The molecule has 2 aromatic rings. The molecule has 6 nitrogen and oxygen atoms in total. The normalized spacial score (nSPS) is 10.5. The van der Waals surface area contributed by atoms with Gasteiger partial charge in [0, 0.05) is 24.5 Å². The van der Waals surface area contributed by atoms with Crippen molar-refractivity contribution in [1.29, 1.82) is 0 Å². The van der Waals surface area contributed by atoms with Crippen LogP contribution in [0.2, 0.25) is 0 Å². The lowest BCUT2D eigenvalue weighted by Gasteiger charge is -2.18. The van der Waals surface area contributed by atoms with Gasteiger partial charge >= 0.3 is 0 Å². The molecule has 0 radical (unpaired) electrons. The average molecular weight is 273 g/mol. The number of amides is 1. The van der Waals surface area contributed by atoms with E-state index in [-0.39, 0.29) is 22.8 Å². The van der Waals surface area contributed by atoms with Crippen LogP contribution in [0.5, 0.6) is 0 Å². The van der Waals surface area contributed by atoms with Gasteiger partial charge in [-0.05, 0) is 19.9 Å². The van der Waals surface area contributed by atoms with Gasteiger partial charge in [-0.1, -0.05) is 18.2 Å². The van der Waals surface area contributed by atoms with Gasteiger partial charge in [0.2, 0.25) is 0 Å². The first-order chi connectivity index (χ1) is 9.58. The van der Waals surface area contributed by atoms with Crippen LogP contribution in [0, 0.1) is 10.1 Å². The molecule has 0 N–H and O–H groups in total. The molecule has 1 amide bonds. The van der Waals surface area contributed by atoms with Gasteiger partial charge in [-0.3, -0.25) is 14.9 Å². The number of nitro benzene ring substituents is 1. The van der Waals surface area contributed by atoms with Gasteiger partial charge in [0.05, 0.1) is 4.92 Å². The highest BCUT2D eigenvalue weighted by atomic mass is 16.6. The summed E-state index contributed by atoms with van der Waals surface area (Å²) in [5.74, 6) is -0.213. The third-order valence-corrected chi connectivity index (χ3v) is 3.17. The van der Waals surface area contributed by atoms with Gasteiger partial charge in [-0.2, -0.15) is 0 Å². The van der Waals surface area contributed by atoms with Crippen molar-refractivity contribution in [2.24, 2.45) is 0 Å². The highest BCUT2D eigenvalue weighted by molar-refractivity contribution is 5.96. The first kappa shape index (κ1) is 13.9. The monoisotopic (exact) mass is 273 g/mol. The van der Waals surface area contributed by atoms with Crippen molar-refractivity contribution in [2.45, 2.75) is 13.8 Å². The molecule has 1 heterocycles. The summed E-state index contributed by atoms with van der Waals surface area (Å²) in [6.07, 6.45) is 0. The lowest BCUT2D eigenvalue weighted by molar-refractivity contribution is -0.383. The van der Waals surface area contributed by atoms with E-state index in [0.29, 0.717) is 18.5 Å². The second-order valence-electron chi connectivity index (χ2n) is 4.28. The summed E-state index contributed by atoms with van der Waals surface area (Å²) in [6.45, 7) is 4.91. The number of pyridine rings is 1. The Balaban J connectivity index is 2.55. The van der Waals surface area contributed by atoms with Crippen LogP contribution in [-0.4, -0.2) is 33.8 Å². The first-order valence-electron chi connectivity index (χ1n) is 6.42. The number of hydrogen-bond acceptors (Lipinski definition) is 4. The van der Waals surface area contributed by atoms with Gasteiger partial charge in [-0.25, -0.2) is 4.98 Å². The van der Waals surface area contributed by atoms with Crippen LogP contribution in [0.15, 0.2) is 30.3 Å². The Morgan fingerprint density at radius 1 is 1.25 bits per heavy atom. The van der Waals surface area contributed by atoms with E-state index in [0.717, 1.165) is 0 Å². The molecule has 104 valence electrons. The van der Waals surface area contributed by atoms with E-state index in [1.54, 1.807) is 29.2 Å². The van der Waals surface area contributed by atoms with Gasteiger partial charge in [0.25, 0.3) is 11.6 Å². The highest BCUT2D eigenvalue weighted by Gasteiger charge is 2.18. The number of nitro groups is 1. The quantitative estimate of drug-likeness (QED) is 0.633. The largest absolute Gasteiger partial charge is 0.338 e. The number of hydrogen-bond donors (Lipinski definition) is 0. The lowest BCUT2D eigenvalue weighted by Crippen LogP contribution is -2.31. The number of benzene rings is 1. The molecule has 0 bridgehead atoms. The molecule has 6 heteroatoms. The summed E-state index contributed by atoms with van der Waals surface area (Å²) >= 11 is 0. The summed E-state index contributed by atoms with van der Waals surface area (Å²) in [5, 5.41) is 11.7. The topological polar surface area (TPSA) is 76.3 Å². The Bertz CT molecular complexity index is 666. The molecule has 0 unspecified atom stereocenters. The Morgan fingerprint density at radius 3 is 2.55 bits per heavy atom. The zero-order chi connectivity index (χ0) is 14.7. The maximum atomic E-state index is 12.2. The second-order valence-corrected chi connectivity index (χ2v) is 4.28. The molecule has 2 rings (SSSR count). The van der Waals surface area contributed by atoms with Crippen LogP contribution < -0.4 is 0 Å². The van der Waals surface area contributed by atoms with Crippen molar-refractivity contribution in [3.8, 4) is 0 Å². The standard InChI is InChI=1S/C14H15N3O3/c1-3-16(4-2)14(18)11-9-8-10-6-5-7-12(17(19)20)13(10)15-11/h5-9H,3-4H2,1-2H3. The van der Waals surface area contributed by atoms with Crippen LogP contribution in [0.1, 0.15) is 24.3 Å². The minimum atomic E-state index is -0.485. The van der Waals surface area contributed by atoms with Crippen molar-refractivity contribution in [2.75, 3.05) is 13.1 Å². The van der Waals surface area contributed by atoms with Crippen molar-refractivity contribution >= 4 is 22.5 Å². The van der Waals surface area contributed by atoms with Crippen LogP contribution in [0.4, 0.5) is 5.69 Å². The van der Waals surface area contributed by atoms with Crippen LogP contribution >= 0.6 is 0 Å². The fourth-order valence-electron chi connectivity index (χ4n) is 2.07. The number of fused-ring (bicyclic) bond motifs is 1. The highest BCUT2D eigenvalue weighted by Crippen LogP contribution is 2.23. The van der Waals surface area contributed by atoms with E-state index in [4.69, 9.17) is 0 Å². The molecule has 0 aliphatic rings. The fraction of sp³-hybridized carbons (Fsp3) is 0.286. The minimum Gasteiger partial charge on any atom is -0.338 e. The van der Waals surface area contributed by atoms with E-state index in [9.17, 15) is 14.9 Å². The molecule has 1 aromatic carbocycles. The van der Waals surface area contributed by atoms with Crippen LogP contribution in [0.3, 0.4) is 0 Å². The van der Waals surface area contributed by atoms with E-state index < -0.39 is 4.92 Å². The lowest BCUT2D eigenvalue weighted by atomic mass is 10.1. The number of aromatic nitrogens is 1. The number of carbonyl (C=O) groups is 1. The molecule has 1 aromatic heterocycles. The average Bonchev–Trinajstić information content (AvgIpc) is 2.47. The van der Waals surface area contributed by atoms with E-state index in [2.05, 4.69) is 4.98 Å². The van der Waals surface area contributed by atoms with E-state index in [1.165, 1.54) is 6.07 Å². The van der Waals surface area contributed by atoms with Gasteiger partial charge in [-0.15, -0.1) is 0 Å². The van der Waals surface area contributed by atoms with Crippen LogP contribution in [0.25, 0.3) is 10.9 Å². The Labute approximate surface area is 116 Å². The third-order valence-electron chi connectivity index (χ3n) is 3.17. The predicted octanol–water partition coefficient (Wildman–Crippen LogP) is 2.63.